The van der Waals surface area contributed by atoms with Gasteiger partial charge >= 0.3 is 0 Å². The van der Waals surface area contributed by atoms with Crippen LogP contribution >= 0.6 is 0 Å². The molecule has 1 amide bonds. The molecule has 3 aromatic rings. The van der Waals surface area contributed by atoms with Crippen LogP contribution in [0.15, 0.2) is 34.9 Å². The quantitative estimate of drug-likeness (QED) is 0.234. The third kappa shape index (κ3) is 10.1. The molecule has 8 nitrogen and oxygen atoms in total. The number of primary amides is 1. The number of aryl methyl sites for hydroxylation is 2. The largest absolute Gasteiger partial charge is 0.496 e. The molecule has 5 rings (SSSR count). The molecule has 0 unspecified atom stereocenters. The molecule has 1 saturated heterocycles. The second-order valence-corrected chi connectivity index (χ2v) is 9.86. The number of methoxy groups -OCH3 is 1. The predicted molar refractivity (Wildman–Crippen MR) is 157 cm³/mol. The molecule has 8 heteroatoms. The summed E-state index contributed by atoms with van der Waals surface area (Å²) < 4.78 is 11.5. The summed E-state index contributed by atoms with van der Waals surface area (Å²) >= 11 is 0. The second kappa shape index (κ2) is 16.6. The van der Waals surface area contributed by atoms with Gasteiger partial charge in [0.25, 0.3) is 0 Å². The summed E-state index contributed by atoms with van der Waals surface area (Å²) in [4.78, 5) is 28.9. The van der Waals surface area contributed by atoms with Crippen LogP contribution in [0.5, 0.6) is 5.75 Å². The molecule has 0 radical (unpaired) electrons. The Balaban J connectivity index is 0.000000403. The number of carbonyl (C=O) groups is 2. The van der Waals surface area contributed by atoms with E-state index < -0.39 is 0 Å². The lowest BCUT2D eigenvalue weighted by atomic mass is 10.0. The van der Waals surface area contributed by atoms with Gasteiger partial charge in [0.2, 0.25) is 6.41 Å². The number of nitrogens with one attached hydrogen (secondary N) is 1. The van der Waals surface area contributed by atoms with Crippen molar-refractivity contribution in [2.45, 2.75) is 85.5 Å². The number of amides is 1. The van der Waals surface area contributed by atoms with Crippen LogP contribution in [0.1, 0.15) is 83.7 Å². The Hall–Kier alpha value is -3.26. The topological polar surface area (TPSA) is 120 Å². The second-order valence-electron chi connectivity index (χ2n) is 9.86. The van der Waals surface area contributed by atoms with E-state index in [0.29, 0.717) is 24.4 Å². The minimum Gasteiger partial charge on any atom is -0.496 e. The van der Waals surface area contributed by atoms with Crippen molar-refractivity contribution in [2.75, 3.05) is 20.2 Å². The molecule has 1 spiro atoms. The van der Waals surface area contributed by atoms with Crippen LogP contribution in [0.4, 0.5) is 0 Å². The monoisotopic (exact) mass is 538 g/mol. The van der Waals surface area contributed by atoms with Crippen LogP contribution in [0.3, 0.4) is 0 Å². The molecule has 3 N–H and O–H groups in total. The first-order valence-corrected chi connectivity index (χ1v) is 14.2. The van der Waals surface area contributed by atoms with Crippen molar-refractivity contribution in [2.24, 2.45) is 11.1 Å². The van der Waals surface area contributed by atoms with Gasteiger partial charge in [0.15, 0.2) is 11.7 Å². The van der Waals surface area contributed by atoms with E-state index in [1.54, 1.807) is 13.3 Å². The number of carbonyl (C=O) groups excluding carboxylic acids is 2. The summed E-state index contributed by atoms with van der Waals surface area (Å²) in [5.41, 5.74) is 7.79. The number of aromatic nitrogens is 2. The minimum absolute atomic E-state index is 0.250. The highest BCUT2D eigenvalue weighted by atomic mass is 16.5. The van der Waals surface area contributed by atoms with Gasteiger partial charge in [0, 0.05) is 49.5 Å². The van der Waals surface area contributed by atoms with E-state index in [1.807, 2.05) is 45.9 Å². The normalized spacial score (nSPS) is 14.0. The molecule has 2 aromatic heterocycles. The van der Waals surface area contributed by atoms with Crippen molar-refractivity contribution in [1.29, 1.82) is 0 Å². The summed E-state index contributed by atoms with van der Waals surface area (Å²) in [6.07, 6.45) is 11.3. The number of hydrogen-bond acceptors (Lipinski definition) is 7. The Morgan fingerprint density at radius 2 is 1.85 bits per heavy atom. The third-order valence-corrected chi connectivity index (χ3v) is 6.92. The number of ketones is 1. The standard InChI is InChI=1S/C23H28N2O3.C5H9N.C2H6.CH3NO/c1-4-18(26)9-7-5-6-8-10-23-24-15-22(28-23)19-13-17-12-11-16(2)25-20(17)14-21(19)27-3;1-2-5(1)3-6-4-5;1-2;2-1-3/h11-15H,4-10H2,1-3H3;6H,1-4H2;1-2H3;1H,(H2,2,3). The van der Waals surface area contributed by atoms with E-state index in [0.717, 1.165) is 71.3 Å². The number of unbranched alkanes of at least 4 members (excludes halogenated alkanes) is 3. The summed E-state index contributed by atoms with van der Waals surface area (Å²) in [6.45, 7) is 10.5. The smallest absolute Gasteiger partial charge is 0.204 e. The van der Waals surface area contributed by atoms with E-state index in [9.17, 15) is 4.79 Å². The van der Waals surface area contributed by atoms with E-state index >= 15 is 0 Å². The average molecular weight is 539 g/mol. The summed E-state index contributed by atoms with van der Waals surface area (Å²) in [5.74, 6) is 2.53. The zero-order chi connectivity index (χ0) is 28.7. The van der Waals surface area contributed by atoms with Gasteiger partial charge in [-0.05, 0) is 50.2 Å². The van der Waals surface area contributed by atoms with Gasteiger partial charge in [-0.15, -0.1) is 0 Å². The number of ether oxygens (including phenoxy) is 1. The zero-order valence-corrected chi connectivity index (χ0v) is 24.3. The van der Waals surface area contributed by atoms with Gasteiger partial charge in [-0.25, -0.2) is 4.98 Å². The molecular weight excluding hydrogens is 492 g/mol. The van der Waals surface area contributed by atoms with Crippen LogP contribution in [0.25, 0.3) is 22.2 Å². The summed E-state index contributed by atoms with van der Waals surface area (Å²) in [5, 5.41) is 4.31. The molecule has 214 valence electrons. The fourth-order valence-corrected chi connectivity index (χ4v) is 4.30. The van der Waals surface area contributed by atoms with Gasteiger partial charge in [0.05, 0.1) is 24.4 Å². The zero-order valence-electron chi connectivity index (χ0n) is 24.3. The van der Waals surface area contributed by atoms with Gasteiger partial charge in [0.1, 0.15) is 11.5 Å². The Morgan fingerprint density at radius 1 is 1.15 bits per heavy atom. The lowest BCUT2D eigenvalue weighted by Gasteiger charge is -2.26. The molecule has 2 fully saturated rings. The number of benzene rings is 1. The highest BCUT2D eigenvalue weighted by Gasteiger charge is 2.47. The first-order chi connectivity index (χ1) is 18.9. The first-order valence-electron chi connectivity index (χ1n) is 14.2. The van der Waals surface area contributed by atoms with Crippen molar-refractivity contribution in [3.05, 3.63) is 42.0 Å². The lowest BCUT2D eigenvalue weighted by molar-refractivity contribution is -0.118. The number of fused-ring (bicyclic) bond motifs is 1. The molecule has 2 aliphatic rings. The Kier molecular flexibility index (Phi) is 13.6. The number of oxazole rings is 1. The Labute approximate surface area is 233 Å². The minimum atomic E-state index is 0.250. The number of rotatable bonds is 10. The fourth-order valence-electron chi connectivity index (χ4n) is 4.30. The van der Waals surface area contributed by atoms with E-state index in [1.165, 1.54) is 25.9 Å². The molecule has 1 aliphatic heterocycles. The van der Waals surface area contributed by atoms with Crippen molar-refractivity contribution in [1.82, 2.24) is 15.3 Å². The maximum absolute atomic E-state index is 11.3. The van der Waals surface area contributed by atoms with Crippen LogP contribution in [-0.4, -0.2) is 42.4 Å². The van der Waals surface area contributed by atoms with Crippen LogP contribution in [0.2, 0.25) is 0 Å². The van der Waals surface area contributed by atoms with Crippen LogP contribution < -0.4 is 15.8 Å². The van der Waals surface area contributed by atoms with Crippen LogP contribution in [0, 0.1) is 12.3 Å². The lowest BCUT2D eigenvalue weighted by Crippen LogP contribution is -2.43. The maximum Gasteiger partial charge on any atom is 0.204 e. The summed E-state index contributed by atoms with van der Waals surface area (Å²) in [7, 11) is 1.65. The molecule has 1 aromatic carbocycles. The molecule has 1 saturated carbocycles. The SMILES string of the molecule is C1CC12CNC2.CC.CCC(=O)CCCCCCc1ncc(-c2cc3ccc(C)nc3cc2OC)o1.NC=O. The van der Waals surface area contributed by atoms with Gasteiger partial charge < -0.3 is 20.2 Å². The number of pyridine rings is 1. The molecule has 39 heavy (non-hydrogen) atoms. The fraction of sp³-hybridized carbons (Fsp3) is 0.548. The molecule has 0 bridgehead atoms. The van der Waals surface area contributed by atoms with Gasteiger partial charge in [-0.3, -0.25) is 14.6 Å². The van der Waals surface area contributed by atoms with E-state index in [-0.39, 0.29) is 6.41 Å². The highest BCUT2D eigenvalue weighted by molar-refractivity contribution is 5.87. The highest BCUT2D eigenvalue weighted by Crippen LogP contribution is 2.48. The number of nitrogens with zero attached hydrogens (tertiary/aromatic N) is 2. The van der Waals surface area contributed by atoms with Gasteiger partial charge in [-0.2, -0.15) is 0 Å². The van der Waals surface area contributed by atoms with Gasteiger partial charge in [-0.1, -0.05) is 39.7 Å². The van der Waals surface area contributed by atoms with E-state index in [4.69, 9.17) is 13.9 Å². The predicted octanol–water partition coefficient (Wildman–Crippen LogP) is 6.18. The van der Waals surface area contributed by atoms with Crippen molar-refractivity contribution < 1.29 is 18.7 Å². The number of nitrogens with two attached hydrogens (primary N) is 1. The molecule has 1 aliphatic carbocycles. The maximum atomic E-state index is 11.3. The first kappa shape index (κ1) is 32.0. The van der Waals surface area contributed by atoms with Crippen molar-refractivity contribution >= 4 is 23.1 Å². The third-order valence-electron chi connectivity index (χ3n) is 6.92. The van der Waals surface area contributed by atoms with E-state index in [2.05, 4.69) is 27.1 Å². The molecular formula is C31H46N4O4. The van der Waals surface area contributed by atoms with Crippen LogP contribution in [-0.2, 0) is 16.0 Å². The van der Waals surface area contributed by atoms with Crippen molar-refractivity contribution in [3.8, 4) is 17.1 Å². The average Bonchev–Trinajstić information content (AvgIpc) is 3.64. The number of Topliss-reactive ketones (excluding diaryl/α,β-unsaturated/α-hetero) is 1. The molecule has 3 heterocycles. The van der Waals surface area contributed by atoms with Crippen molar-refractivity contribution in [3.63, 3.8) is 0 Å². The molecule has 0 atom stereocenters. The Bertz CT molecular complexity index is 1160. The number of hydrogen-bond donors (Lipinski definition) is 2. The Morgan fingerprint density at radius 3 is 2.41 bits per heavy atom. The summed E-state index contributed by atoms with van der Waals surface area (Å²) in [6, 6.07) is 8.03.